The van der Waals surface area contributed by atoms with E-state index in [0.29, 0.717) is 16.7 Å². The van der Waals surface area contributed by atoms with Gasteiger partial charge in [0.25, 0.3) is 0 Å². The van der Waals surface area contributed by atoms with E-state index in [9.17, 15) is 14.4 Å². The quantitative estimate of drug-likeness (QED) is 0.362. The third kappa shape index (κ3) is 5.34. The van der Waals surface area contributed by atoms with Crippen LogP contribution in [0.1, 0.15) is 38.0 Å². The highest BCUT2D eigenvalue weighted by Gasteiger charge is 2.49. The summed E-state index contributed by atoms with van der Waals surface area (Å²) in [7, 11) is 0. The van der Waals surface area contributed by atoms with Gasteiger partial charge < -0.3 is 9.47 Å². The Balaban J connectivity index is 1.55. The number of rotatable bonds is 7. The Morgan fingerprint density at radius 2 is 1.21 bits per heavy atom. The van der Waals surface area contributed by atoms with Crippen LogP contribution in [0.4, 0.5) is 0 Å². The first kappa shape index (κ1) is 22.8. The molecule has 1 aliphatic rings. The number of ether oxygens (including phenoxy) is 2. The minimum Gasteiger partial charge on any atom is -0.461 e. The Kier molecular flexibility index (Phi) is 7.25. The van der Waals surface area contributed by atoms with Crippen LogP contribution in [-0.2, 0) is 9.47 Å². The van der Waals surface area contributed by atoms with Crippen LogP contribution in [0.15, 0.2) is 91.0 Å². The smallest absolute Gasteiger partial charge is 0.338 e. The summed E-state index contributed by atoms with van der Waals surface area (Å²) in [6.45, 7) is 1.98. The number of thioether (sulfide) groups is 1. The van der Waals surface area contributed by atoms with E-state index in [-0.39, 0.29) is 22.9 Å². The number of hydrogen-bond donors (Lipinski definition) is 0. The first-order valence-electron chi connectivity index (χ1n) is 10.8. The molecule has 0 amide bonds. The standard InChI is InChI=1S/C27H24O5S/c1-18-25(32-27(30)21-15-9-4-10-16-21)23(24(28)19-11-5-2-6-12-19)22(33-18)17-31-26(29)20-13-7-3-8-14-20/h2-16,18,22-23,25H,17H2,1H3. The number of esters is 2. The number of ketones is 1. The summed E-state index contributed by atoms with van der Waals surface area (Å²) in [5.41, 5.74) is 1.42. The molecule has 0 aliphatic carbocycles. The Hall–Kier alpha value is -3.38. The van der Waals surface area contributed by atoms with Crippen LogP contribution in [0, 0.1) is 5.92 Å². The second-order valence-electron chi connectivity index (χ2n) is 7.84. The van der Waals surface area contributed by atoms with Crippen LogP contribution in [0.25, 0.3) is 0 Å². The van der Waals surface area contributed by atoms with Gasteiger partial charge in [-0.15, -0.1) is 11.8 Å². The molecule has 0 N–H and O–H groups in total. The van der Waals surface area contributed by atoms with Crippen LogP contribution in [0.3, 0.4) is 0 Å². The normalized spacial score (nSPS) is 21.8. The van der Waals surface area contributed by atoms with Crippen molar-refractivity contribution in [3.05, 3.63) is 108 Å². The van der Waals surface area contributed by atoms with Gasteiger partial charge in [0, 0.05) is 10.8 Å². The fraction of sp³-hybridized carbons (Fsp3) is 0.222. The first-order valence-corrected chi connectivity index (χ1v) is 11.7. The largest absolute Gasteiger partial charge is 0.461 e. The number of Topliss-reactive ketones (excluding diaryl/α,β-unsaturated/α-hetero) is 1. The second kappa shape index (κ2) is 10.5. The van der Waals surface area contributed by atoms with Gasteiger partial charge in [-0.25, -0.2) is 9.59 Å². The molecular formula is C27H24O5S. The van der Waals surface area contributed by atoms with Crippen molar-refractivity contribution in [1.82, 2.24) is 0 Å². The topological polar surface area (TPSA) is 69.7 Å². The number of carbonyl (C=O) groups is 3. The summed E-state index contributed by atoms with van der Waals surface area (Å²) < 4.78 is 11.4. The van der Waals surface area contributed by atoms with Gasteiger partial charge in [-0.3, -0.25) is 4.79 Å². The highest BCUT2D eigenvalue weighted by molar-refractivity contribution is 8.00. The van der Waals surface area contributed by atoms with Gasteiger partial charge in [0.05, 0.1) is 22.3 Å². The van der Waals surface area contributed by atoms with Gasteiger partial charge in [-0.05, 0) is 31.2 Å². The molecule has 4 atom stereocenters. The third-order valence-electron chi connectivity index (χ3n) is 5.61. The lowest BCUT2D eigenvalue weighted by Crippen LogP contribution is -2.38. The van der Waals surface area contributed by atoms with Crippen molar-refractivity contribution in [3.8, 4) is 0 Å². The van der Waals surface area contributed by atoms with Crippen LogP contribution in [-0.4, -0.2) is 40.9 Å². The van der Waals surface area contributed by atoms with Crippen molar-refractivity contribution in [2.24, 2.45) is 5.92 Å². The SMILES string of the molecule is CC1SC(COC(=O)c2ccccc2)C(C(=O)c2ccccc2)C1OC(=O)c1ccccc1. The van der Waals surface area contributed by atoms with Gasteiger partial charge in [0.15, 0.2) is 5.78 Å². The van der Waals surface area contributed by atoms with Crippen LogP contribution in [0.2, 0.25) is 0 Å². The van der Waals surface area contributed by atoms with Crippen LogP contribution < -0.4 is 0 Å². The van der Waals surface area contributed by atoms with Gasteiger partial charge in [0.2, 0.25) is 0 Å². The maximum atomic E-state index is 13.5. The zero-order chi connectivity index (χ0) is 23.2. The Morgan fingerprint density at radius 1 is 0.727 bits per heavy atom. The van der Waals surface area contributed by atoms with E-state index in [1.54, 1.807) is 72.8 Å². The lowest BCUT2D eigenvalue weighted by atomic mass is 9.88. The summed E-state index contributed by atoms with van der Waals surface area (Å²) in [6, 6.07) is 26.4. The molecule has 0 spiro atoms. The van der Waals surface area contributed by atoms with Gasteiger partial charge >= 0.3 is 11.9 Å². The van der Waals surface area contributed by atoms with Crippen molar-refractivity contribution in [1.29, 1.82) is 0 Å². The molecule has 1 aliphatic heterocycles. The molecule has 0 bridgehead atoms. The highest BCUT2D eigenvalue weighted by Crippen LogP contribution is 2.42. The predicted molar refractivity (Wildman–Crippen MR) is 127 cm³/mol. The molecule has 3 aromatic rings. The highest BCUT2D eigenvalue weighted by atomic mass is 32.2. The predicted octanol–water partition coefficient (Wildman–Crippen LogP) is 5.07. The molecule has 4 rings (SSSR count). The van der Waals surface area contributed by atoms with Crippen molar-refractivity contribution in [2.45, 2.75) is 23.5 Å². The minimum absolute atomic E-state index is 0.0470. The molecule has 4 unspecified atom stereocenters. The zero-order valence-corrected chi connectivity index (χ0v) is 18.9. The molecule has 33 heavy (non-hydrogen) atoms. The van der Waals surface area contributed by atoms with E-state index in [0.717, 1.165) is 0 Å². The summed E-state index contributed by atoms with van der Waals surface area (Å²) in [4.78, 5) is 38.8. The fourth-order valence-corrected chi connectivity index (χ4v) is 5.47. The molecule has 5 nitrogen and oxygen atoms in total. The molecule has 6 heteroatoms. The lowest BCUT2D eigenvalue weighted by Gasteiger charge is -2.24. The van der Waals surface area contributed by atoms with Crippen molar-refractivity contribution >= 4 is 29.5 Å². The van der Waals surface area contributed by atoms with E-state index in [1.807, 2.05) is 25.1 Å². The van der Waals surface area contributed by atoms with Crippen LogP contribution in [0.5, 0.6) is 0 Å². The Morgan fingerprint density at radius 3 is 1.76 bits per heavy atom. The molecule has 3 aromatic carbocycles. The second-order valence-corrected chi connectivity index (χ2v) is 9.46. The monoisotopic (exact) mass is 460 g/mol. The van der Waals surface area contributed by atoms with Gasteiger partial charge in [-0.1, -0.05) is 66.7 Å². The van der Waals surface area contributed by atoms with E-state index < -0.39 is 24.0 Å². The maximum absolute atomic E-state index is 13.5. The number of benzene rings is 3. The summed E-state index contributed by atoms with van der Waals surface area (Å²) >= 11 is 1.50. The fourth-order valence-electron chi connectivity index (χ4n) is 3.95. The van der Waals surface area contributed by atoms with Crippen molar-refractivity contribution in [2.75, 3.05) is 6.61 Å². The summed E-state index contributed by atoms with van der Waals surface area (Å²) in [5.74, 6) is -1.68. The third-order valence-corrected chi connectivity index (χ3v) is 7.08. The molecular weight excluding hydrogens is 436 g/mol. The maximum Gasteiger partial charge on any atom is 0.338 e. The molecule has 0 aromatic heterocycles. The molecule has 1 heterocycles. The van der Waals surface area contributed by atoms with Gasteiger partial charge in [-0.2, -0.15) is 0 Å². The zero-order valence-electron chi connectivity index (χ0n) is 18.1. The number of hydrogen-bond acceptors (Lipinski definition) is 6. The first-order chi connectivity index (χ1) is 16.0. The van der Waals surface area contributed by atoms with Crippen LogP contribution >= 0.6 is 11.8 Å². The van der Waals surface area contributed by atoms with E-state index in [2.05, 4.69) is 0 Å². The average molecular weight is 461 g/mol. The Labute approximate surface area is 197 Å². The molecule has 0 radical (unpaired) electrons. The minimum atomic E-state index is -0.643. The van der Waals surface area contributed by atoms with E-state index in [1.165, 1.54) is 11.8 Å². The van der Waals surface area contributed by atoms with E-state index >= 15 is 0 Å². The molecule has 1 fully saturated rings. The lowest BCUT2D eigenvalue weighted by molar-refractivity contribution is 0.0144. The average Bonchev–Trinajstić information content (AvgIpc) is 3.18. The molecule has 0 saturated carbocycles. The molecule has 168 valence electrons. The number of carbonyl (C=O) groups excluding carboxylic acids is 3. The van der Waals surface area contributed by atoms with Crippen molar-refractivity contribution < 1.29 is 23.9 Å². The summed E-state index contributed by atoms with van der Waals surface area (Å²) in [6.07, 6.45) is -0.643. The Bertz CT molecular complexity index is 1100. The summed E-state index contributed by atoms with van der Waals surface area (Å²) in [5, 5.41) is -0.482. The molecule has 1 saturated heterocycles. The van der Waals surface area contributed by atoms with E-state index in [4.69, 9.17) is 9.47 Å². The van der Waals surface area contributed by atoms with Crippen molar-refractivity contribution in [3.63, 3.8) is 0 Å². The van der Waals surface area contributed by atoms with Gasteiger partial charge in [0.1, 0.15) is 12.7 Å².